The van der Waals surface area contributed by atoms with Crippen LogP contribution in [-0.4, -0.2) is 26.5 Å². The first kappa shape index (κ1) is 14.6. The minimum atomic E-state index is -0.907. The molecular formula is C12H14F2N4OS. The van der Waals surface area contributed by atoms with Gasteiger partial charge in [0.05, 0.1) is 0 Å². The molecule has 1 N–H and O–H groups in total. The van der Waals surface area contributed by atoms with Crippen molar-refractivity contribution >= 4 is 17.9 Å². The van der Waals surface area contributed by atoms with Crippen LogP contribution >= 0.6 is 12.2 Å². The van der Waals surface area contributed by atoms with Crippen molar-refractivity contribution in [2.45, 2.75) is 13.3 Å². The van der Waals surface area contributed by atoms with E-state index < -0.39 is 11.6 Å². The minimum Gasteiger partial charge on any atom is -0.388 e. The lowest BCUT2D eigenvalue weighted by Crippen LogP contribution is -2.22. The van der Waals surface area contributed by atoms with Crippen LogP contribution in [0.2, 0.25) is 0 Å². The normalized spacial score (nSPS) is 10.8. The molecule has 0 aliphatic carbocycles. The smallest absolute Gasteiger partial charge is 0.199 e. The molecular weight excluding hydrogens is 286 g/mol. The van der Waals surface area contributed by atoms with Gasteiger partial charge < -0.3 is 14.6 Å². The summed E-state index contributed by atoms with van der Waals surface area (Å²) in [7, 11) is 3.41. The van der Waals surface area contributed by atoms with Crippen LogP contribution in [0.15, 0.2) is 18.2 Å². The Morgan fingerprint density at radius 2 is 2.05 bits per heavy atom. The maximum atomic E-state index is 13.2. The molecule has 0 aliphatic rings. The van der Waals surface area contributed by atoms with Gasteiger partial charge in [-0.2, -0.15) is 5.10 Å². The third kappa shape index (κ3) is 2.70. The molecule has 0 saturated heterocycles. The molecule has 0 spiro atoms. The predicted octanol–water partition coefficient (Wildman–Crippen LogP) is 1.82. The van der Waals surface area contributed by atoms with Crippen molar-refractivity contribution in [3.05, 3.63) is 40.4 Å². The van der Waals surface area contributed by atoms with Crippen molar-refractivity contribution in [1.29, 1.82) is 0 Å². The van der Waals surface area contributed by atoms with Crippen LogP contribution in [-0.2, 0) is 20.3 Å². The summed E-state index contributed by atoms with van der Waals surface area (Å²) >= 11 is 5.19. The highest BCUT2D eigenvalue weighted by Crippen LogP contribution is 2.17. The fourth-order valence-electron chi connectivity index (χ4n) is 1.77. The third-order valence-corrected chi connectivity index (χ3v) is 3.45. The topological polar surface area (TPSA) is 46.2 Å². The molecule has 1 aromatic heterocycles. The van der Waals surface area contributed by atoms with Gasteiger partial charge in [-0.1, -0.05) is 0 Å². The monoisotopic (exact) mass is 300 g/mol. The lowest BCUT2D eigenvalue weighted by molar-refractivity contribution is 0.265. The van der Waals surface area contributed by atoms with Crippen LogP contribution < -0.4 is 4.90 Å². The van der Waals surface area contributed by atoms with E-state index >= 15 is 0 Å². The van der Waals surface area contributed by atoms with E-state index in [-0.39, 0.29) is 13.3 Å². The van der Waals surface area contributed by atoms with Crippen LogP contribution in [0.4, 0.5) is 14.5 Å². The van der Waals surface area contributed by atoms with E-state index in [0.717, 1.165) is 12.1 Å². The number of hydrogen-bond donors (Lipinski definition) is 1. The van der Waals surface area contributed by atoms with E-state index in [1.807, 2.05) is 0 Å². The van der Waals surface area contributed by atoms with Crippen molar-refractivity contribution in [2.24, 2.45) is 7.05 Å². The fourth-order valence-corrected chi connectivity index (χ4v) is 1.97. The average molecular weight is 300 g/mol. The summed E-state index contributed by atoms with van der Waals surface area (Å²) < 4.78 is 29.6. The van der Waals surface area contributed by atoms with Gasteiger partial charge in [0.15, 0.2) is 22.2 Å². The molecule has 108 valence electrons. The lowest BCUT2D eigenvalue weighted by atomic mass is 10.3. The number of anilines is 1. The lowest BCUT2D eigenvalue weighted by Gasteiger charge is -2.19. The molecule has 1 heterocycles. The fraction of sp³-hybridized carbons (Fsp3) is 0.333. The van der Waals surface area contributed by atoms with Gasteiger partial charge in [0.25, 0.3) is 0 Å². The van der Waals surface area contributed by atoms with E-state index in [1.54, 1.807) is 23.6 Å². The number of halogens is 2. The van der Waals surface area contributed by atoms with Gasteiger partial charge in [-0.3, -0.25) is 0 Å². The Bertz CT molecular complexity index is 683. The number of aliphatic hydroxyl groups is 1. The van der Waals surface area contributed by atoms with Crippen LogP contribution in [0.25, 0.3) is 0 Å². The summed E-state index contributed by atoms with van der Waals surface area (Å²) in [4.78, 5) is 1.67. The molecule has 0 fully saturated rings. The molecule has 5 nitrogen and oxygen atoms in total. The van der Waals surface area contributed by atoms with E-state index in [1.165, 1.54) is 10.7 Å². The number of aliphatic hydroxyl groups excluding tert-OH is 1. The van der Waals surface area contributed by atoms with Crippen LogP contribution in [0.3, 0.4) is 0 Å². The third-order valence-electron chi connectivity index (χ3n) is 2.96. The molecule has 0 atom stereocenters. The second kappa shape index (κ2) is 5.68. The van der Waals surface area contributed by atoms with E-state index in [4.69, 9.17) is 17.3 Å². The van der Waals surface area contributed by atoms with Crippen molar-refractivity contribution in [1.82, 2.24) is 14.3 Å². The van der Waals surface area contributed by atoms with Crippen molar-refractivity contribution in [3.63, 3.8) is 0 Å². The summed E-state index contributed by atoms with van der Waals surface area (Å²) in [6, 6.07) is 3.64. The Kier molecular flexibility index (Phi) is 4.15. The van der Waals surface area contributed by atoms with Crippen molar-refractivity contribution < 1.29 is 13.9 Å². The Balaban J connectivity index is 2.25. The molecule has 0 unspecified atom stereocenters. The largest absolute Gasteiger partial charge is 0.388 e. The first-order chi connectivity index (χ1) is 9.43. The highest BCUT2D eigenvalue weighted by atomic mass is 32.1. The molecule has 20 heavy (non-hydrogen) atoms. The number of nitrogens with zero attached hydrogens (tertiary/aromatic N) is 4. The number of aromatic nitrogens is 3. The van der Waals surface area contributed by atoms with E-state index in [0.29, 0.717) is 16.3 Å². The van der Waals surface area contributed by atoms with Crippen LogP contribution in [0.5, 0.6) is 0 Å². The van der Waals surface area contributed by atoms with Gasteiger partial charge in [0.2, 0.25) is 0 Å². The molecule has 0 radical (unpaired) electrons. The second-order valence-electron chi connectivity index (χ2n) is 4.35. The zero-order valence-corrected chi connectivity index (χ0v) is 11.9. The standard InChI is InChI=1S/C12H14F2N4OS/c1-16(8-3-4-9(13)10(14)5-8)7-18-12(20)17(2)11(6-19)15-18/h3-5,19H,6-7H2,1-2H3. The Morgan fingerprint density at radius 3 is 2.60 bits per heavy atom. The van der Waals surface area contributed by atoms with Crippen molar-refractivity contribution in [3.8, 4) is 0 Å². The molecule has 0 bridgehead atoms. The average Bonchev–Trinajstić information content (AvgIpc) is 2.69. The minimum absolute atomic E-state index is 0.220. The summed E-state index contributed by atoms with van der Waals surface area (Å²) in [5.74, 6) is -1.36. The summed E-state index contributed by atoms with van der Waals surface area (Å²) in [5.41, 5.74) is 0.502. The van der Waals surface area contributed by atoms with Gasteiger partial charge in [0.1, 0.15) is 13.3 Å². The number of rotatable bonds is 4. The first-order valence-electron chi connectivity index (χ1n) is 5.83. The first-order valence-corrected chi connectivity index (χ1v) is 6.24. The van der Waals surface area contributed by atoms with Gasteiger partial charge in [-0.15, -0.1) is 0 Å². The predicted molar refractivity (Wildman–Crippen MR) is 72.7 cm³/mol. The second-order valence-corrected chi connectivity index (χ2v) is 4.72. The molecule has 1 aromatic carbocycles. The van der Waals surface area contributed by atoms with Crippen LogP contribution in [0, 0.1) is 16.4 Å². The van der Waals surface area contributed by atoms with Gasteiger partial charge >= 0.3 is 0 Å². The Hall–Kier alpha value is -1.80. The highest BCUT2D eigenvalue weighted by molar-refractivity contribution is 7.71. The van der Waals surface area contributed by atoms with Crippen molar-refractivity contribution in [2.75, 3.05) is 11.9 Å². The maximum Gasteiger partial charge on any atom is 0.199 e. The summed E-state index contributed by atoms with van der Waals surface area (Å²) in [6.07, 6.45) is 0. The Labute approximate surface area is 119 Å². The summed E-state index contributed by atoms with van der Waals surface area (Å²) in [6.45, 7) is 0.0414. The molecule has 2 aromatic rings. The Morgan fingerprint density at radius 1 is 1.35 bits per heavy atom. The molecule has 0 saturated carbocycles. The number of benzene rings is 1. The number of hydrogen-bond acceptors (Lipinski definition) is 4. The van der Waals surface area contributed by atoms with Gasteiger partial charge in [-0.25, -0.2) is 13.5 Å². The van der Waals surface area contributed by atoms with Gasteiger partial charge in [-0.05, 0) is 24.4 Å². The van der Waals surface area contributed by atoms with E-state index in [9.17, 15) is 8.78 Å². The van der Waals surface area contributed by atoms with Crippen LogP contribution in [0.1, 0.15) is 5.82 Å². The SMILES string of the molecule is CN(Cn1nc(CO)n(C)c1=S)c1ccc(F)c(F)c1. The van der Waals surface area contributed by atoms with Gasteiger partial charge in [0, 0.05) is 25.8 Å². The van der Waals surface area contributed by atoms with E-state index in [2.05, 4.69) is 5.10 Å². The molecule has 0 aliphatic heterocycles. The zero-order chi connectivity index (χ0) is 14.9. The highest BCUT2D eigenvalue weighted by Gasteiger charge is 2.10. The molecule has 8 heteroatoms. The molecule has 2 rings (SSSR count). The molecule has 0 amide bonds. The quantitative estimate of drug-likeness (QED) is 0.875. The maximum absolute atomic E-state index is 13.2. The summed E-state index contributed by atoms with van der Waals surface area (Å²) in [5, 5.41) is 13.3. The zero-order valence-electron chi connectivity index (χ0n) is 11.0.